The summed E-state index contributed by atoms with van der Waals surface area (Å²) in [5.74, 6) is 0.803. The van der Waals surface area contributed by atoms with Gasteiger partial charge in [0.2, 0.25) is 0 Å². The van der Waals surface area contributed by atoms with E-state index < -0.39 is 11.8 Å². The van der Waals surface area contributed by atoms with Crippen LogP contribution in [-0.2, 0) is 4.79 Å². The first kappa shape index (κ1) is 20.3. The monoisotopic (exact) mass is 370 g/mol. The van der Waals surface area contributed by atoms with Crippen LogP contribution in [0.15, 0.2) is 48.5 Å². The lowest BCUT2D eigenvalue weighted by Crippen LogP contribution is -2.43. The highest BCUT2D eigenvalue weighted by atomic mass is 16.5. The van der Waals surface area contributed by atoms with E-state index in [1.165, 1.54) is 0 Å². The van der Waals surface area contributed by atoms with Crippen LogP contribution in [0.25, 0.3) is 0 Å². The van der Waals surface area contributed by atoms with Gasteiger partial charge in [-0.3, -0.25) is 20.4 Å². The van der Waals surface area contributed by atoms with Crippen LogP contribution in [0.1, 0.15) is 49.0 Å². The Hall–Kier alpha value is -3.02. The lowest BCUT2D eigenvalue weighted by molar-refractivity contribution is -0.123. The molecule has 0 atom stereocenters. The fraction of sp³-hybridized carbons (Fsp3) is 0.333. The van der Waals surface area contributed by atoms with Gasteiger partial charge in [0.15, 0.2) is 6.61 Å². The summed E-state index contributed by atoms with van der Waals surface area (Å²) < 4.78 is 11.0. The van der Waals surface area contributed by atoms with Crippen molar-refractivity contribution in [1.29, 1.82) is 0 Å². The molecule has 6 heteroatoms. The Morgan fingerprint density at radius 3 is 2.33 bits per heavy atom. The minimum absolute atomic E-state index is 0.187. The molecule has 0 spiro atoms. The highest BCUT2D eigenvalue weighted by molar-refractivity contribution is 5.95. The molecule has 0 aliphatic rings. The Labute approximate surface area is 159 Å². The van der Waals surface area contributed by atoms with Gasteiger partial charge in [-0.25, -0.2) is 0 Å². The zero-order chi connectivity index (χ0) is 19.6. The molecule has 0 aromatic heterocycles. The van der Waals surface area contributed by atoms with Crippen molar-refractivity contribution in [3.05, 3.63) is 59.7 Å². The molecule has 0 unspecified atom stereocenters. The number of nitrogens with one attached hydrogen (secondary N) is 2. The molecule has 0 aliphatic heterocycles. The zero-order valence-electron chi connectivity index (χ0n) is 16.0. The van der Waals surface area contributed by atoms with Crippen LogP contribution in [-0.4, -0.2) is 25.0 Å². The summed E-state index contributed by atoms with van der Waals surface area (Å²) in [4.78, 5) is 24.0. The van der Waals surface area contributed by atoms with Gasteiger partial charge in [0.05, 0.1) is 6.61 Å². The van der Waals surface area contributed by atoms with Crippen molar-refractivity contribution in [2.75, 3.05) is 13.2 Å². The molecule has 27 heavy (non-hydrogen) atoms. The molecule has 0 radical (unpaired) electrons. The minimum Gasteiger partial charge on any atom is -0.494 e. The van der Waals surface area contributed by atoms with Gasteiger partial charge in [-0.2, -0.15) is 0 Å². The standard InChI is InChI=1S/C21H26N2O4/c1-4-13-26-17-11-9-16(10-12-17)21(25)23-22-20(24)14-27-19-8-6-5-7-18(19)15(2)3/h5-12,15H,4,13-14H2,1-3H3,(H,22,24)(H,23,25). The van der Waals surface area contributed by atoms with E-state index in [2.05, 4.69) is 24.7 Å². The largest absolute Gasteiger partial charge is 0.494 e. The van der Waals surface area contributed by atoms with Crippen molar-refractivity contribution < 1.29 is 19.1 Å². The number of rotatable bonds is 8. The summed E-state index contributed by atoms with van der Waals surface area (Å²) in [5.41, 5.74) is 6.18. The second kappa shape index (κ2) is 10.2. The smallest absolute Gasteiger partial charge is 0.276 e. The van der Waals surface area contributed by atoms with Crippen molar-refractivity contribution in [2.24, 2.45) is 0 Å². The minimum atomic E-state index is -0.440. The Morgan fingerprint density at radius 1 is 0.963 bits per heavy atom. The number of ether oxygens (including phenoxy) is 2. The van der Waals surface area contributed by atoms with Crippen LogP contribution in [0.2, 0.25) is 0 Å². The van der Waals surface area contributed by atoms with Gasteiger partial charge < -0.3 is 9.47 Å². The van der Waals surface area contributed by atoms with Gasteiger partial charge in [-0.05, 0) is 48.2 Å². The third-order valence-corrected chi connectivity index (χ3v) is 3.80. The number of carbonyl (C=O) groups excluding carboxylic acids is 2. The Bertz CT molecular complexity index is 757. The van der Waals surface area contributed by atoms with E-state index in [1.54, 1.807) is 24.3 Å². The van der Waals surface area contributed by atoms with Crippen molar-refractivity contribution in [3.63, 3.8) is 0 Å². The molecule has 2 rings (SSSR count). The predicted octanol–water partition coefficient (Wildman–Crippen LogP) is 3.44. The molecule has 0 saturated carbocycles. The number of hydrazine groups is 1. The lowest BCUT2D eigenvalue weighted by Gasteiger charge is -2.14. The van der Waals surface area contributed by atoms with E-state index in [0.29, 0.717) is 23.7 Å². The second-order valence-corrected chi connectivity index (χ2v) is 6.36. The Morgan fingerprint density at radius 2 is 1.67 bits per heavy atom. The Kier molecular flexibility index (Phi) is 7.67. The summed E-state index contributed by atoms with van der Waals surface area (Å²) in [5, 5.41) is 0. The van der Waals surface area contributed by atoms with Crippen LogP contribution in [0, 0.1) is 0 Å². The Balaban J connectivity index is 1.80. The highest BCUT2D eigenvalue weighted by Crippen LogP contribution is 2.25. The number of benzene rings is 2. The summed E-state index contributed by atoms with van der Waals surface area (Å²) in [7, 11) is 0. The van der Waals surface area contributed by atoms with Gasteiger partial charge in [-0.15, -0.1) is 0 Å². The van der Waals surface area contributed by atoms with Crippen LogP contribution in [0.4, 0.5) is 0 Å². The van der Waals surface area contributed by atoms with E-state index in [1.807, 2.05) is 31.2 Å². The van der Waals surface area contributed by atoms with E-state index >= 15 is 0 Å². The molecule has 144 valence electrons. The van der Waals surface area contributed by atoms with Gasteiger partial charge in [0.1, 0.15) is 11.5 Å². The first-order chi connectivity index (χ1) is 13.0. The molecule has 0 aliphatic carbocycles. The molecule has 0 heterocycles. The quantitative estimate of drug-likeness (QED) is 0.698. The molecule has 2 aromatic rings. The highest BCUT2D eigenvalue weighted by Gasteiger charge is 2.11. The van der Waals surface area contributed by atoms with Gasteiger partial charge in [0.25, 0.3) is 11.8 Å². The van der Waals surface area contributed by atoms with Crippen molar-refractivity contribution in [2.45, 2.75) is 33.1 Å². The summed E-state index contributed by atoms with van der Waals surface area (Å²) in [6.07, 6.45) is 0.915. The molecule has 2 amide bonds. The van der Waals surface area contributed by atoms with Gasteiger partial charge >= 0.3 is 0 Å². The molecule has 0 fully saturated rings. The first-order valence-electron chi connectivity index (χ1n) is 9.05. The molecule has 2 aromatic carbocycles. The second-order valence-electron chi connectivity index (χ2n) is 6.36. The van der Waals surface area contributed by atoms with E-state index in [0.717, 1.165) is 12.0 Å². The van der Waals surface area contributed by atoms with Crippen LogP contribution >= 0.6 is 0 Å². The molecular formula is C21H26N2O4. The average molecular weight is 370 g/mol. The van der Waals surface area contributed by atoms with Crippen molar-refractivity contribution in [1.82, 2.24) is 10.9 Å². The molecule has 2 N–H and O–H groups in total. The maximum atomic E-state index is 12.1. The van der Waals surface area contributed by atoms with Gasteiger partial charge in [0, 0.05) is 5.56 Å². The fourth-order valence-electron chi connectivity index (χ4n) is 2.39. The maximum Gasteiger partial charge on any atom is 0.276 e. The number of hydrogen-bond donors (Lipinski definition) is 2. The number of hydrogen-bond acceptors (Lipinski definition) is 4. The van der Waals surface area contributed by atoms with Gasteiger partial charge in [-0.1, -0.05) is 39.0 Å². The fourth-order valence-corrected chi connectivity index (χ4v) is 2.39. The third kappa shape index (κ3) is 6.33. The zero-order valence-corrected chi connectivity index (χ0v) is 16.0. The average Bonchev–Trinajstić information content (AvgIpc) is 2.69. The maximum absolute atomic E-state index is 12.1. The van der Waals surface area contributed by atoms with Crippen LogP contribution < -0.4 is 20.3 Å². The predicted molar refractivity (Wildman–Crippen MR) is 104 cm³/mol. The topological polar surface area (TPSA) is 76.7 Å². The summed E-state index contributed by atoms with van der Waals surface area (Å²) >= 11 is 0. The van der Waals surface area contributed by atoms with Crippen LogP contribution in [0.5, 0.6) is 11.5 Å². The number of para-hydroxylation sites is 1. The van der Waals surface area contributed by atoms with E-state index in [-0.39, 0.29) is 12.5 Å². The van der Waals surface area contributed by atoms with Crippen molar-refractivity contribution in [3.8, 4) is 11.5 Å². The lowest BCUT2D eigenvalue weighted by atomic mass is 10.0. The molecular weight excluding hydrogens is 344 g/mol. The first-order valence-corrected chi connectivity index (χ1v) is 9.05. The van der Waals surface area contributed by atoms with E-state index in [9.17, 15) is 9.59 Å². The van der Waals surface area contributed by atoms with E-state index in [4.69, 9.17) is 9.47 Å². The summed E-state index contributed by atoms with van der Waals surface area (Å²) in [6.45, 7) is 6.58. The molecule has 0 saturated heterocycles. The molecule has 0 bridgehead atoms. The SMILES string of the molecule is CCCOc1ccc(C(=O)NNC(=O)COc2ccccc2C(C)C)cc1. The number of amides is 2. The summed E-state index contributed by atoms with van der Waals surface area (Å²) in [6, 6.07) is 14.3. The van der Waals surface area contributed by atoms with Crippen molar-refractivity contribution >= 4 is 11.8 Å². The normalized spacial score (nSPS) is 10.4. The third-order valence-electron chi connectivity index (χ3n) is 3.80. The molecule has 6 nitrogen and oxygen atoms in total. The number of carbonyl (C=O) groups is 2. The van der Waals surface area contributed by atoms with Crippen LogP contribution in [0.3, 0.4) is 0 Å².